The SMILES string of the molecule is CN(c1ccccn1)S(=O)(=O)CCl. The van der Waals surface area contributed by atoms with Crippen molar-refractivity contribution in [1.82, 2.24) is 4.98 Å². The van der Waals surface area contributed by atoms with E-state index in [4.69, 9.17) is 11.6 Å². The van der Waals surface area contributed by atoms with E-state index in [-0.39, 0.29) is 0 Å². The fourth-order valence-electron chi connectivity index (χ4n) is 0.756. The van der Waals surface area contributed by atoms with Crippen LogP contribution in [0, 0.1) is 0 Å². The van der Waals surface area contributed by atoms with Crippen LogP contribution in [0.1, 0.15) is 0 Å². The highest BCUT2D eigenvalue weighted by Crippen LogP contribution is 2.12. The van der Waals surface area contributed by atoms with E-state index in [0.717, 1.165) is 4.31 Å². The van der Waals surface area contributed by atoms with Gasteiger partial charge in [-0.3, -0.25) is 4.31 Å². The van der Waals surface area contributed by atoms with E-state index in [1.807, 2.05) is 0 Å². The summed E-state index contributed by atoms with van der Waals surface area (Å²) < 4.78 is 23.6. The summed E-state index contributed by atoms with van der Waals surface area (Å²) in [5, 5.41) is -0.444. The normalized spacial score (nSPS) is 11.2. The summed E-state index contributed by atoms with van der Waals surface area (Å²) >= 11 is 5.28. The van der Waals surface area contributed by atoms with E-state index in [1.165, 1.54) is 13.2 Å². The number of alkyl halides is 1. The molecule has 1 rings (SSSR count). The van der Waals surface area contributed by atoms with Crippen molar-refractivity contribution in [3.8, 4) is 0 Å². The van der Waals surface area contributed by atoms with Crippen molar-refractivity contribution in [3.05, 3.63) is 24.4 Å². The fourth-order valence-corrected chi connectivity index (χ4v) is 1.73. The molecule has 0 saturated carbocycles. The zero-order chi connectivity index (χ0) is 9.90. The van der Waals surface area contributed by atoms with Crippen molar-refractivity contribution in [3.63, 3.8) is 0 Å². The summed E-state index contributed by atoms with van der Waals surface area (Å²) in [5.41, 5.74) is 0. The predicted molar refractivity (Wildman–Crippen MR) is 52.3 cm³/mol. The van der Waals surface area contributed by atoms with Crippen LogP contribution in [0.4, 0.5) is 5.82 Å². The number of rotatable bonds is 3. The molecule has 1 aromatic rings. The summed E-state index contributed by atoms with van der Waals surface area (Å²) in [7, 11) is -2.00. The number of hydrogen-bond donors (Lipinski definition) is 0. The summed E-state index contributed by atoms with van der Waals surface area (Å²) in [6.45, 7) is 0. The average molecular weight is 221 g/mol. The average Bonchev–Trinajstić information content (AvgIpc) is 2.18. The zero-order valence-corrected chi connectivity index (χ0v) is 8.59. The molecule has 0 atom stereocenters. The molecule has 72 valence electrons. The summed E-state index contributed by atoms with van der Waals surface area (Å²) in [4.78, 5) is 3.88. The lowest BCUT2D eigenvalue weighted by Gasteiger charge is -2.15. The highest BCUT2D eigenvalue weighted by Gasteiger charge is 2.16. The molecule has 0 amide bonds. The third-order valence-corrected chi connectivity index (χ3v) is 3.65. The van der Waals surface area contributed by atoms with E-state index < -0.39 is 15.2 Å². The third-order valence-electron chi connectivity index (χ3n) is 1.53. The maximum Gasteiger partial charge on any atom is 0.250 e. The van der Waals surface area contributed by atoms with Gasteiger partial charge in [0.25, 0.3) is 0 Å². The largest absolute Gasteiger partial charge is 0.256 e. The molecule has 13 heavy (non-hydrogen) atoms. The second-order valence-electron chi connectivity index (χ2n) is 2.38. The van der Waals surface area contributed by atoms with Crippen molar-refractivity contribution in [2.75, 3.05) is 16.6 Å². The molecule has 0 saturated heterocycles. The Morgan fingerprint density at radius 3 is 2.69 bits per heavy atom. The van der Waals surface area contributed by atoms with E-state index in [9.17, 15) is 8.42 Å². The molecule has 0 N–H and O–H groups in total. The highest BCUT2D eigenvalue weighted by molar-refractivity contribution is 7.93. The first-order valence-corrected chi connectivity index (χ1v) is 5.66. The van der Waals surface area contributed by atoms with E-state index in [1.54, 1.807) is 18.2 Å². The van der Waals surface area contributed by atoms with Crippen molar-refractivity contribution in [2.45, 2.75) is 0 Å². The summed E-state index contributed by atoms with van der Waals surface area (Å²) in [5.74, 6) is 0.364. The number of pyridine rings is 1. The summed E-state index contributed by atoms with van der Waals surface area (Å²) in [6, 6.07) is 5.03. The second-order valence-corrected chi connectivity index (χ2v) is 4.96. The number of sulfonamides is 1. The molecule has 0 aliphatic rings. The van der Waals surface area contributed by atoms with E-state index in [0.29, 0.717) is 5.82 Å². The Morgan fingerprint density at radius 1 is 1.54 bits per heavy atom. The molecule has 1 aromatic heterocycles. The molecule has 0 aromatic carbocycles. The van der Waals surface area contributed by atoms with Gasteiger partial charge in [-0.15, -0.1) is 11.6 Å². The van der Waals surface area contributed by atoms with Crippen LogP contribution < -0.4 is 4.31 Å². The Balaban J connectivity index is 2.99. The molecule has 0 aliphatic carbocycles. The Bertz CT molecular complexity index is 365. The van der Waals surface area contributed by atoms with Crippen LogP contribution in [0.2, 0.25) is 0 Å². The number of anilines is 1. The van der Waals surface area contributed by atoms with Gasteiger partial charge in [0.2, 0.25) is 10.0 Å². The minimum atomic E-state index is -3.41. The molecule has 6 heteroatoms. The van der Waals surface area contributed by atoms with Gasteiger partial charge in [0.05, 0.1) is 0 Å². The lowest BCUT2D eigenvalue weighted by Crippen LogP contribution is -2.27. The second kappa shape index (κ2) is 3.93. The molecule has 0 aliphatic heterocycles. The van der Waals surface area contributed by atoms with Crippen molar-refractivity contribution in [1.29, 1.82) is 0 Å². The minimum Gasteiger partial charge on any atom is -0.256 e. The topological polar surface area (TPSA) is 50.3 Å². The van der Waals surface area contributed by atoms with Crippen molar-refractivity contribution < 1.29 is 8.42 Å². The van der Waals surface area contributed by atoms with Crippen LogP contribution >= 0.6 is 11.6 Å². The Kier molecular flexibility index (Phi) is 3.11. The van der Waals surface area contributed by atoms with Gasteiger partial charge in [0.1, 0.15) is 11.0 Å². The standard InChI is InChI=1S/C7H9ClN2O2S/c1-10(13(11,12)6-8)7-4-2-3-5-9-7/h2-5H,6H2,1H3. The number of halogens is 1. The zero-order valence-electron chi connectivity index (χ0n) is 7.01. The van der Waals surface area contributed by atoms with Gasteiger partial charge in [0, 0.05) is 13.2 Å². The molecule has 0 radical (unpaired) electrons. The summed E-state index contributed by atoms with van der Waals surface area (Å²) in [6.07, 6.45) is 1.52. The van der Waals surface area contributed by atoms with Crippen LogP contribution in [-0.2, 0) is 10.0 Å². The molecular weight excluding hydrogens is 212 g/mol. The van der Waals surface area contributed by atoms with Gasteiger partial charge in [-0.2, -0.15) is 0 Å². The monoisotopic (exact) mass is 220 g/mol. The lowest BCUT2D eigenvalue weighted by molar-refractivity contribution is 0.598. The first kappa shape index (κ1) is 10.3. The van der Waals surface area contributed by atoms with Crippen molar-refractivity contribution >= 4 is 27.4 Å². The van der Waals surface area contributed by atoms with Gasteiger partial charge >= 0.3 is 0 Å². The smallest absolute Gasteiger partial charge is 0.250 e. The van der Waals surface area contributed by atoms with Gasteiger partial charge in [0.15, 0.2) is 0 Å². The Hall–Kier alpha value is -0.810. The van der Waals surface area contributed by atoms with Crippen LogP contribution in [-0.4, -0.2) is 25.7 Å². The highest BCUT2D eigenvalue weighted by atomic mass is 35.5. The van der Waals surface area contributed by atoms with E-state index in [2.05, 4.69) is 4.98 Å². The Labute approximate surface area is 82.2 Å². The Morgan fingerprint density at radius 2 is 2.23 bits per heavy atom. The maximum atomic E-state index is 11.3. The lowest BCUT2D eigenvalue weighted by atomic mass is 10.5. The maximum absolute atomic E-state index is 11.3. The van der Waals surface area contributed by atoms with Gasteiger partial charge in [-0.05, 0) is 12.1 Å². The van der Waals surface area contributed by atoms with Crippen LogP contribution in [0.5, 0.6) is 0 Å². The molecule has 0 spiro atoms. The van der Waals surface area contributed by atoms with Gasteiger partial charge in [-0.25, -0.2) is 13.4 Å². The molecule has 1 heterocycles. The molecular formula is C7H9ClN2O2S. The molecule has 0 bridgehead atoms. The van der Waals surface area contributed by atoms with Crippen molar-refractivity contribution in [2.24, 2.45) is 0 Å². The first-order valence-electron chi connectivity index (χ1n) is 3.51. The minimum absolute atomic E-state index is 0.364. The fraction of sp³-hybridized carbons (Fsp3) is 0.286. The number of nitrogens with zero attached hydrogens (tertiary/aromatic N) is 2. The van der Waals surface area contributed by atoms with Gasteiger partial charge < -0.3 is 0 Å². The quantitative estimate of drug-likeness (QED) is 0.716. The van der Waals surface area contributed by atoms with Crippen LogP contribution in [0.3, 0.4) is 0 Å². The van der Waals surface area contributed by atoms with E-state index >= 15 is 0 Å². The number of hydrogen-bond acceptors (Lipinski definition) is 3. The number of aromatic nitrogens is 1. The first-order chi connectivity index (χ1) is 6.08. The van der Waals surface area contributed by atoms with Gasteiger partial charge in [-0.1, -0.05) is 6.07 Å². The predicted octanol–water partition coefficient (Wildman–Crippen LogP) is 1.04. The molecule has 4 nitrogen and oxygen atoms in total. The van der Waals surface area contributed by atoms with Crippen LogP contribution in [0.25, 0.3) is 0 Å². The molecule has 0 unspecified atom stereocenters. The van der Waals surface area contributed by atoms with Crippen LogP contribution in [0.15, 0.2) is 24.4 Å². The molecule has 0 fully saturated rings. The third kappa shape index (κ3) is 2.32.